The molecule has 0 bridgehead atoms. The SMILES string of the molecule is CN(C(=O)N1CC(C(=O)O)C1)C1CCC(C)(C)CC1. The van der Waals surface area contributed by atoms with Crippen molar-refractivity contribution >= 4 is 12.0 Å². The minimum Gasteiger partial charge on any atom is -0.481 e. The van der Waals surface area contributed by atoms with Gasteiger partial charge in [0.05, 0.1) is 5.92 Å². The molecule has 2 fully saturated rings. The molecule has 1 N–H and O–H groups in total. The molecule has 5 heteroatoms. The van der Waals surface area contributed by atoms with E-state index < -0.39 is 5.97 Å². The number of nitrogens with zero attached hydrogens (tertiary/aromatic N) is 2. The number of carbonyl (C=O) groups excluding carboxylic acids is 1. The fraction of sp³-hybridized carbons (Fsp3) is 0.857. The largest absolute Gasteiger partial charge is 0.481 e. The Kier molecular flexibility index (Phi) is 3.74. The summed E-state index contributed by atoms with van der Waals surface area (Å²) in [5.74, 6) is -1.17. The molecule has 0 spiro atoms. The van der Waals surface area contributed by atoms with Crippen molar-refractivity contribution in [3.05, 3.63) is 0 Å². The first-order chi connectivity index (χ1) is 8.80. The van der Waals surface area contributed by atoms with Crippen molar-refractivity contribution < 1.29 is 14.7 Å². The highest BCUT2D eigenvalue weighted by Gasteiger charge is 2.39. The summed E-state index contributed by atoms with van der Waals surface area (Å²) in [6.45, 7) is 5.27. The Balaban J connectivity index is 1.82. The first kappa shape index (κ1) is 14.2. The first-order valence-corrected chi connectivity index (χ1v) is 7.05. The molecule has 0 aromatic rings. The van der Waals surface area contributed by atoms with Crippen LogP contribution in [0, 0.1) is 11.3 Å². The average molecular weight is 268 g/mol. The van der Waals surface area contributed by atoms with Crippen LogP contribution in [0.25, 0.3) is 0 Å². The monoisotopic (exact) mass is 268 g/mol. The number of rotatable bonds is 2. The smallest absolute Gasteiger partial charge is 0.320 e. The summed E-state index contributed by atoms with van der Waals surface area (Å²) in [6, 6.07) is 0.298. The normalized spacial score (nSPS) is 23.8. The van der Waals surface area contributed by atoms with Gasteiger partial charge in [0.25, 0.3) is 0 Å². The fourth-order valence-corrected chi connectivity index (χ4v) is 2.94. The van der Waals surface area contributed by atoms with E-state index in [1.807, 2.05) is 11.9 Å². The number of hydrogen-bond donors (Lipinski definition) is 1. The van der Waals surface area contributed by atoms with E-state index in [9.17, 15) is 9.59 Å². The van der Waals surface area contributed by atoms with E-state index in [4.69, 9.17) is 5.11 Å². The number of carboxylic acid groups (broad SMARTS) is 1. The number of urea groups is 1. The van der Waals surface area contributed by atoms with Gasteiger partial charge in [0, 0.05) is 26.2 Å². The third kappa shape index (κ3) is 3.01. The zero-order valence-electron chi connectivity index (χ0n) is 12.1. The molecule has 2 aliphatic rings. The molecule has 0 atom stereocenters. The Morgan fingerprint density at radius 2 is 1.74 bits per heavy atom. The van der Waals surface area contributed by atoms with Crippen molar-refractivity contribution in [2.75, 3.05) is 20.1 Å². The molecule has 19 heavy (non-hydrogen) atoms. The number of hydrogen-bond acceptors (Lipinski definition) is 2. The van der Waals surface area contributed by atoms with Crippen LogP contribution >= 0.6 is 0 Å². The summed E-state index contributed by atoms with van der Waals surface area (Å²) in [4.78, 5) is 26.4. The van der Waals surface area contributed by atoms with Gasteiger partial charge in [-0.25, -0.2) is 4.79 Å². The predicted octanol–water partition coefficient (Wildman–Crippen LogP) is 2.02. The molecule has 5 nitrogen and oxygen atoms in total. The van der Waals surface area contributed by atoms with Crippen LogP contribution in [-0.2, 0) is 4.79 Å². The van der Waals surface area contributed by atoms with Gasteiger partial charge < -0.3 is 14.9 Å². The standard InChI is InChI=1S/C14H24N2O3/c1-14(2)6-4-11(5-7-14)15(3)13(19)16-8-10(9-16)12(17)18/h10-11H,4-9H2,1-3H3,(H,17,18). The minimum absolute atomic E-state index is 0.0118. The molecule has 2 rings (SSSR count). The summed E-state index contributed by atoms with van der Waals surface area (Å²) >= 11 is 0. The van der Waals surface area contributed by atoms with E-state index in [1.54, 1.807) is 4.90 Å². The highest BCUT2D eigenvalue weighted by Crippen LogP contribution is 2.37. The minimum atomic E-state index is -0.800. The van der Waals surface area contributed by atoms with Crippen LogP contribution in [0.15, 0.2) is 0 Å². The highest BCUT2D eigenvalue weighted by atomic mass is 16.4. The number of likely N-dealkylation sites (tertiary alicyclic amines) is 1. The Labute approximate surface area is 114 Å². The van der Waals surface area contributed by atoms with Crippen LogP contribution < -0.4 is 0 Å². The van der Waals surface area contributed by atoms with Crippen LogP contribution in [-0.4, -0.2) is 53.1 Å². The van der Waals surface area contributed by atoms with E-state index in [0.717, 1.165) is 25.7 Å². The zero-order chi connectivity index (χ0) is 14.2. The van der Waals surface area contributed by atoms with E-state index in [-0.39, 0.29) is 11.9 Å². The van der Waals surface area contributed by atoms with Crippen LogP contribution in [0.2, 0.25) is 0 Å². The summed E-state index contributed by atoms with van der Waals surface area (Å²) in [6.07, 6.45) is 4.39. The number of amides is 2. The molecule has 108 valence electrons. The molecule has 1 heterocycles. The Morgan fingerprint density at radius 3 is 2.21 bits per heavy atom. The van der Waals surface area contributed by atoms with Crippen LogP contribution in [0.3, 0.4) is 0 Å². The summed E-state index contributed by atoms with van der Waals surface area (Å²) in [5, 5.41) is 8.83. The summed E-state index contributed by atoms with van der Waals surface area (Å²) in [5.41, 5.74) is 0.394. The topological polar surface area (TPSA) is 60.9 Å². The lowest BCUT2D eigenvalue weighted by Gasteiger charge is -2.43. The van der Waals surface area contributed by atoms with Gasteiger partial charge in [-0.05, 0) is 31.1 Å². The number of carboxylic acids is 1. The molecule has 1 saturated heterocycles. The molecular weight excluding hydrogens is 244 g/mol. The third-order valence-corrected chi connectivity index (χ3v) is 4.66. The first-order valence-electron chi connectivity index (χ1n) is 7.05. The lowest BCUT2D eigenvalue weighted by atomic mass is 9.75. The Morgan fingerprint density at radius 1 is 1.21 bits per heavy atom. The molecular formula is C14H24N2O3. The van der Waals surface area contributed by atoms with Gasteiger partial charge in [-0.15, -0.1) is 0 Å². The number of carbonyl (C=O) groups is 2. The molecule has 1 saturated carbocycles. The fourth-order valence-electron chi connectivity index (χ4n) is 2.94. The van der Waals surface area contributed by atoms with Crippen molar-refractivity contribution in [2.24, 2.45) is 11.3 Å². The van der Waals surface area contributed by atoms with Gasteiger partial charge in [0.1, 0.15) is 0 Å². The van der Waals surface area contributed by atoms with Gasteiger partial charge >= 0.3 is 12.0 Å². The van der Waals surface area contributed by atoms with Crippen molar-refractivity contribution in [3.8, 4) is 0 Å². The summed E-state index contributed by atoms with van der Waals surface area (Å²) in [7, 11) is 1.85. The van der Waals surface area contributed by atoms with Crippen LogP contribution in [0.5, 0.6) is 0 Å². The van der Waals surface area contributed by atoms with Crippen molar-refractivity contribution in [1.29, 1.82) is 0 Å². The maximum absolute atomic E-state index is 12.2. The molecule has 0 aromatic heterocycles. The lowest BCUT2D eigenvalue weighted by Crippen LogP contribution is -2.58. The van der Waals surface area contributed by atoms with Gasteiger partial charge in [0.15, 0.2) is 0 Å². The van der Waals surface area contributed by atoms with Crippen molar-refractivity contribution in [2.45, 2.75) is 45.6 Å². The maximum atomic E-state index is 12.2. The van der Waals surface area contributed by atoms with E-state index >= 15 is 0 Å². The van der Waals surface area contributed by atoms with Crippen LogP contribution in [0.1, 0.15) is 39.5 Å². The van der Waals surface area contributed by atoms with Gasteiger partial charge in [-0.2, -0.15) is 0 Å². The molecule has 0 unspecified atom stereocenters. The average Bonchev–Trinajstić information content (AvgIpc) is 2.25. The zero-order valence-corrected chi connectivity index (χ0v) is 12.1. The Bertz CT molecular complexity index is 365. The van der Waals surface area contributed by atoms with Gasteiger partial charge in [-0.3, -0.25) is 4.79 Å². The second-order valence-electron chi connectivity index (χ2n) is 6.73. The Hall–Kier alpha value is -1.26. The van der Waals surface area contributed by atoms with E-state index in [2.05, 4.69) is 13.8 Å². The van der Waals surface area contributed by atoms with Gasteiger partial charge in [0.2, 0.25) is 0 Å². The molecule has 1 aliphatic carbocycles. The number of aliphatic carboxylic acids is 1. The van der Waals surface area contributed by atoms with E-state index in [1.165, 1.54) is 0 Å². The van der Waals surface area contributed by atoms with Crippen LogP contribution in [0.4, 0.5) is 4.79 Å². The molecule has 0 aromatic carbocycles. The lowest BCUT2D eigenvalue weighted by molar-refractivity contribution is -0.146. The predicted molar refractivity (Wildman–Crippen MR) is 71.9 cm³/mol. The van der Waals surface area contributed by atoms with E-state index in [0.29, 0.717) is 24.5 Å². The highest BCUT2D eigenvalue weighted by molar-refractivity contribution is 5.79. The molecule has 2 amide bonds. The summed E-state index contributed by atoms with van der Waals surface area (Å²) < 4.78 is 0. The second kappa shape index (κ2) is 5.02. The maximum Gasteiger partial charge on any atom is 0.320 e. The van der Waals surface area contributed by atoms with Crippen molar-refractivity contribution in [1.82, 2.24) is 9.80 Å². The third-order valence-electron chi connectivity index (χ3n) is 4.66. The van der Waals surface area contributed by atoms with Gasteiger partial charge in [-0.1, -0.05) is 13.8 Å². The van der Waals surface area contributed by atoms with Crippen molar-refractivity contribution in [3.63, 3.8) is 0 Å². The quantitative estimate of drug-likeness (QED) is 0.833. The molecule has 0 radical (unpaired) electrons. The molecule has 1 aliphatic heterocycles. The second-order valence-corrected chi connectivity index (χ2v) is 6.73.